The molecule has 23 heavy (non-hydrogen) atoms. The van der Waals surface area contributed by atoms with Crippen molar-refractivity contribution in [2.45, 2.75) is 49.4 Å². The van der Waals surface area contributed by atoms with Gasteiger partial charge in [-0.3, -0.25) is 4.79 Å². The van der Waals surface area contributed by atoms with Crippen LogP contribution in [-0.4, -0.2) is 10.2 Å². The monoisotopic (exact) mass is 415 g/mol. The summed E-state index contributed by atoms with van der Waals surface area (Å²) in [5.74, 6) is 1.63. The van der Waals surface area contributed by atoms with Crippen molar-refractivity contribution in [1.29, 1.82) is 0 Å². The van der Waals surface area contributed by atoms with Crippen LogP contribution in [0.2, 0.25) is 10.0 Å². The fraction of sp³-hybridized carbons (Fsp3) is 0.611. The SMILES string of the molecule is O=C(NCc1ccc(Cl)cc1Cl)C12C[C@@H]3C[C@@H](CC(Br)(C3)C1)C2. The molecule has 4 fully saturated rings. The Morgan fingerprint density at radius 3 is 2.52 bits per heavy atom. The highest BCUT2D eigenvalue weighted by molar-refractivity contribution is 9.10. The zero-order chi connectivity index (χ0) is 16.2. The molecule has 4 bridgehead atoms. The normalized spacial score (nSPS) is 37.9. The van der Waals surface area contributed by atoms with E-state index in [4.69, 9.17) is 23.2 Å². The van der Waals surface area contributed by atoms with E-state index in [1.165, 1.54) is 19.3 Å². The smallest absolute Gasteiger partial charge is 0.226 e. The number of hydrogen-bond donors (Lipinski definition) is 1. The molecule has 0 spiro atoms. The summed E-state index contributed by atoms with van der Waals surface area (Å²) < 4.78 is 0.201. The van der Waals surface area contributed by atoms with Gasteiger partial charge in [-0.05, 0) is 68.1 Å². The Morgan fingerprint density at radius 1 is 1.22 bits per heavy atom. The molecule has 124 valence electrons. The number of halogens is 3. The molecule has 2 nitrogen and oxygen atoms in total. The number of rotatable bonds is 3. The molecular formula is C18H20BrCl2NO. The van der Waals surface area contributed by atoms with Crippen molar-refractivity contribution >= 4 is 45.0 Å². The van der Waals surface area contributed by atoms with E-state index in [1.54, 1.807) is 6.07 Å². The van der Waals surface area contributed by atoms with Crippen LogP contribution in [0.5, 0.6) is 0 Å². The Labute approximate surface area is 155 Å². The molecule has 1 aromatic carbocycles. The summed E-state index contributed by atoms with van der Waals surface area (Å²) in [7, 11) is 0. The maximum absolute atomic E-state index is 13.0. The van der Waals surface area contributed by atoms with Crippen molar-refractivity contribution in [3.63, 3.8) is 0 Å². The van der Waals surface area contributed by atoms with Crippen molar-refractivity contribution in [1.82, 2.24) is 5.32 Å². The lowest BCUT2D eigenvalue weighted by Gasteiger charge is -2.59. The summed E-state index contributed by atoms with van der Waals surface area (Å²) in [6.45, 7) is 0.473. The van der Waals surface area contributed by atoms with Crippen LogP contribution >= 0.6 is 39.1 Å². The lowest BCUT2D eigenvalue weighted by molar-refractivity contribution is -0.144. The van der Waals surface area contributed by atoms with Gasteiger partial charge in [-0.1, -0.05) is 45.2 Å². The van der Waals surface area contributed by atoms with E-state index < -0.39 is 0 Å². The van der Waals surface area contributed by atoms with E-state index in [9.17, 15) is 4.79 Å². The zero-order valence-corrected chi connectivity index (χ0v) is 16.0. The van der Waals surface area contributed by atoms with Gasteiger partial charge in [0.2, 0.25) is 5.91 Å². The summed E-state index contributed by atoms with van der Waals surface area (Å²) in [5.41, 5.74) is 0.745. The Bertz CT molecular complexity index is 648. The van der Waals surface area contributed by atoms with Gasteiger partial charge in [-0.2, -0.15) is 0 Å². The third kappa shape index (κ3) is 2.94. The van der Waals surface area contributed by atoms with Gasteiger partial charge in [0.05, 0.1) is 5.41 Å². The quantitative estimate of drug-likeness (QED) is 0.661. The van der Waals surface area contributed by atoms with E-state index in [1.807, 2.05) is 12.1 Å². The minimum atomic E-state index is -0.174. The Hall–Kier alpha value is -0.250. The largest absolute Gasteiger partial charge is 0.351 e. The van der Waals surface area contributed by atoms with Gasteiger partial charge in [-0.15, -0.1) is 0 Å². The first-order valence-electron chi connectivity index (χ1n) is 8.29. The summed E-state index contributed by atoms with van der Waals surface area (Å²) in [5, 5.41) is 4.38. The fourth-order valence-electron chi connectivity index (χ4n) is 5.44. The van der Waals surface area contributed by atoms with Gasteiger partial charge >= 0.3 is 0 Å². The van der Waals surface area contributed by atoms with Gasteiger partial charge < -0.3 is 5.32 Å². The highest BCUT2D eigenvalue weighted by Crippen LogP contribution is 2.64. The predicted octanol–water partition coefficient (Wildman–Crippen LogP) is 5.34. The van der Waals surface area contributed by atoms with Gasteiger partial charge in [0, 0.05) is 20.9 Å². The van der Waals surface area contributed by atoms with Crippen molar-refractivity contribution in [2.24, 2.45) is 17.3 Å². The van der Waals surface area contributed by atoms with Crippen LogP contribution in [0.25, 0.3) is 0 Å². The van der Waals surface area contributed by atoms with Crippen LogP contribution in [0.15, 0.2) is 18.2 Å². The first kappa shape index (κ1) is 16.2. The topological polar surface area (TPSA) is 29.1 Å². The number of alkyl halides is 1. The molecule has 0 aliphatic heterocycles. The third-order valence-electron chi connectivity index (χ3n) is 5.93. The van der Waals surface area contributed by atoms with E-state index >= 15 is 0 Å². The van der Waals surface area contributed by atoms with Gasteiger partial charge in [-0.25, -0.2) is 0 Å². The van der Waals surface area contributed by atoms with Crippen molar-refractivity contribution in [3.05, 3.63) is 33.8 Å². The number of benzene rings is 1. The van der Waals surface area contributed by atoms with Crippen molar-refractivity contribution < 1.29 is 4.79 Å². The molecule has 4 aliphatic carbocycles. The average Bonchev–Trinajstić information content (AvgIpc) is 2.43. The van der Waals surface area contributed by atoms with Crippen molar-refractivity contribution in [3.8, 4) is 0 Å². The maximum Gasteiger partial charge on any atom is 0.226 e. The molecule has 0 radical (unpaired) electrons. The summed E-state index contributed by atoms with van der Waals surface area (Å²) >= 11 is 16.1. The molecule has 2 unspecified atom stereocenters. The molecular weight excluding hydrogens is 397 g/mol. The molecule has 0 heterocycles. The first-order valence-corrected chi connectivity index (χ1v) is 9.84. The van der Waals surface area contributed by atoms with E-state index in [0.29, 0.717) is 28.4 Å². The van der Waals surface area contributed by atoms with Crippen LogP contribution in [-0.2, 0) is 11.3 Å². The number of nitrogens with one attached hydrogen (secondary N) is 1. The van der Waals surface area contributed by atoms with Gasteiger partial charge in [0.25, 0.3) is 0 Å². The van der Waals surface area contributed by atoms with E-state index in [0.717, 1.165) is 24.8 Å². The molecule has 5 heteroatoms. The Morgan fingerprint density at radius 2 is 1.91 bits per heavy atom. The highest BCUT2D eigenvalue weighted by atomic mass is 79.9. The predicted molar refractivity (Wildman–Crippen MR) is 97.1 cm³/mol. The number of carbonyl (C=O) groups excluding carboxylic acids is 1. The third-order valence-corrected chi connectivity index (χ3v) is 7.44. The van der Waals surface area contributed by atoms with E-state index in [2.05, 4.69) is 21.2 Å². The first-order chi connectivity index (χ1) is 10.9. The van der Waals surface area contributed by atoms with Gasteiger partial charge in [0.1, 0.15) is 0 Å². The second-order valence-corrected chi connectivity index (χ2v) is 10.3. The average molecular weight is 417 g/mol. The second kappa shape index (κ2) is 5.64. The molecule has 4 aliphatic rings. The van der Waals surface area contributed by atoms with Crippen LogP contribution in [0, 0.1) is 17.3 Å². The number of amides is 1. The van der Waals surface area contributed by atoms with Crippen molar-refractivity contribution in [2.75, 3.05) is 0 Å². The molecule has 0 saturated heterocycles. The summed E-state index contributed by atoms with van der Waals surface area (Å²) in [6.07, 6.45) is 6.87. The second-order valence-electron chi connectivity index (χ2n) is 7.81. The highest BCUT2D eigenvalue weighted by Gasteiger charge is 2.59. The van der Waals surface area contributed by atoms with Crippen LogP contribution < -0.4 is 5.32 Å². The van der Waals surface area contributed by atoms with Crippen LogP contribution in [0.3, 0.4) is 0 Å². The minimum Gasteiger partial charge on any atom is -0.351 e. The molecule has 1 N–H and O–H groups in total. The molecule has 4 saturated carbocycles. The molecule has 1 aromatic rings. The van der Waals surface area contributed by atoms with Crippen LogP contribution in [0.4, 0.5) is 0 Å². The lowest BCUT2D eigenvalue weighted by Crippen LogP contribution is -2.58. The summed E-state index contributed by atoms with van der Waals surface area (Å²) in [6, 6.07) is 5.42. The maximum atomic E-state index is 13.0. The number of carbonyl (C=O) groups is 1. The molecule has 4 atom stereocenters. The zero-order valence-electron chi connectivity index (χ0n) is 12.9. The van der Waals surface area contributed by atoms with Crippen LogP contribution in [0.1, 0.15) is 44.1 Å². The van der Waals surface area contributed by atoms with E-state index in [-0.39, 0.29) is 15.6 Å². The Balaban J connectivity index is 1.49. The molecule has 1 amide bonds. The molecule has 5 rings (SSSR count). The lowest BCUT2D eigenvalue weighted by atomic mass is 9.49. The van der Waals surface area contributed by atoms with Gasteiger partial charge in [0.15, 0.2) is 0 Å². The Kier molecular flexibility index (Phi) is 3.98. The standard InChI is InChI=1S/C18H20BrCl2NO/c19-18-7-11-3-12(8-18)6-17(5-11,10-18)16(23)22-9-13-1-2-14(20)4-15(13)21/h1-2,4,11-12H,3,5-10H2,(H,22,23)/t11-,12+,17?,18?. The molecule has 0 aromatic heterocycles. The minimum absolute atomic E-state index is 0.174. The summed E-state index contributed by atoms with van der Waals surface area (Å²) in [4.78, 5) is 13.0. The fourth-order valence-corrected chi connectivity index (χ4v) is 7.37. The number of hydrogen-bond acceptors (Lipinski definition) is 1.